The van der Waals surface area contributed by atoms with E-state index in [1.165, 1.54) is 12.1 Å². The largest absolute Gasteiger partial charge is 0.416 e. The van der Waals surface area contributed by atoms with Gasteiger partial charge in [-0.1, -0.05) is 41.1 Å². The highest BCUT2D eigenvalue weighted by molar-refractivity contribution is 6.31. The fourth-order valence-corrected chi connectivity index (χ4v) is 2.56. The van der Waals surface area contributed by atoms with Crippen LogP contribution in [0.3, 0.4) is 0 Å². The number of carbonyl (C=O) groups excluding carboxylic acids is 1. The molecule has 2 aromatic carbocycles. The topological polar surface area (TPSA) is 85.8 Å². The summed E-state index contributed by atoms with van der Waals surface area (Å²) in [7, 11) is 0. The molecule has 10 heteroatoms. The van der Waals surface area contributed by atoms with Crippen LogP contribution in [0.2, 0.25) is 5.02 Å². The minimum absolute atomic E-state index is 0.0416. The van der Waals surface area contributed by atoms with Crippen molar-refractivity contribution in [2.75, 3.05) is 5.73 Å². The molecule has 0 unspecified atom stereocenters. The quantitative estimate of drug-likeness (QED) is 0.708. The van der Waals surface area contributed by atoms with E-state index in [0.29, 0.717) is 10.6 Å². The lowest BCUT2D eigenvalue weighted by molar-refractivity contribution is -0.137. The zero-order chi connectivity index (χ0) is 19.6. The molecule has 3 N–H and O–H groups in total. The molecule has 0 saturated heterocycles. The molecule has 0 aliphatic carbocycles. The number of carbonyl (C=O) groups is 1. The van der Waals surface area contributed by atoms with Crippen LogP contribution in [0.15, 0.2) is 48.5 Å². The zero-order valence-electron chi connectivity index (χ0n) is 13.7. The summed E-state index contributed by atoms with van der Waals surface area (Å²) in [6.07, 6.45) is -4.51. The van der Waals surface area contributed by atoms with E-state index in [9.17, 15) is 18.0 Å². The van der Waals surface area contributed by atoms with Crippen molar-refractivity contribution in [2.24, 2.45) is 0 Å². The van der Waals surface area contributed by atoms with Crippen molar-refractivity contribution < 1.29 is 18.0 Å². The molecule has 1 aromatic heterocycles. The first-order valence-corrected chi connectivity index (χ1v) is 8.05. The molecule has 0 fully saturated rings. The van der Waals surface area contributed by atoms with E-state index in [1.54, 1.807) is 24.3 Å². The number of rotatable bonds is 4. The molecule has 0 aliphatic rings. The molecule has 0 spiro atoms. The summed E-state index contributed by atoms with van der Waals surface area (Å²) >= 11 is 6.02. The molecule has 0 aliphatic heterocycles. The van der Waals surface area contributed by atoms with Crippen molar-refractivity contribution in [3.8, 4) is 5.69 Å². The Hall–Kier alpha value is -3.07. The molecule has 0 bridgehead atoms. The summed E-state index contributed by atoms with van der Waals surface area (Å²) in [4.78, 5) is 12.3. The van der Waals surface area contributed by atoms with Crippen LogP contribution in [-0.2, 0) is 12.7 Å². The van der Waals surface area contributed by atoms with Gasteiger partial charge in [-0.2, -0.15) is 17.9 Å². The number of hydrogen-bond donors (Lipinski definition) is 2. The van der Waals surface area contributed by atoms with Crippen molar-refractivity contribution in [1.29, 1.82) is 0 Å². The van der Waals surface area contributed by atoms with Gasteiger partial charge in [-0.05, 0) is 29.8 Å². The van der Waals surface area contributed by atoms with E-state index in [4.69, 9.17) is 17.3 Å². The molecular weight excluding hydrogens is 383 g/mol. The number of benzene rings is 2. The van der Waals surface area contributed by atoms with Crippen LogP contribution in [0.25, 0.3) is 5.69 Å². The number of alkyl halides is 3. The van der Waals surface area contributed by atoms with Gasteiger partial charge in [0.1, 0.15) is 0 Å². The Morgan fingerprint density at radius 2 is 1.93 bits per heavy atom. The first kappa shape index (κ1) is 18.7. The Labute approximate surface area is 156 Å². The van der Waals surface area contributed by atoms with Crippen LogP contribution in [0, 0.1) is 0 Å². The van der Waals surface area contributed by atoms with Gasteiger partial charge in [-0.15, -0.1) is 5.10 Å². The fourth-order valence-electron chi connectivity index (χ4n) is 2.36. The van der Waals surface area contributed by atoms with E-state index >= 15 is 0 Å². The van der Waals surface area contributed by atoms with Gasteiger partial charge in [0, 0.05) is 11.6 Å². The van der Waals surface area contributed by atoms with Gasteiger partial charge >= 0.3 is 6.18 Å². The van der Waals surface area contributed by atoms with E-state index in [1.807, 2.05) is 0 Å². The summed E-state index contributed by atoms with van der Waals surface area (Å²) in [6, 6.07) is 11.3. The molecule has 6 nitrogen and oxygen atoms in total. The lowest BCUT2D eigenvalue weighted by atomic mass is 10.2. The zero-order valence-corrected chi connectivity index (χ0v) is 14.4. The van der Waals surface area contributed by atoms with Crippen molar-refractivity contribution in [3.05, 3.63) is 70.4 Å². The molecule has 0 radical (unpaired) electrons. The molecule has 0 saturated carbocycles. The maximum atomic E-state index is 12.9. The smallest absolute Gasteiger partial charge is 0.382 e. The predicted molar refractivity (Wildman–Crippen MR) is 93.4 cm³/mol. The number of nitrogens with two attached hydrogens (primary N) is 1. The van der Waals surface area contributed by atoms with Gasteiger partial charge in [0.25, 0.3) is 5.91 Å². The number of halogens is 4. The lowest BCUT2D eigenvalue weighted by Gasteiger charge is -2.09. The lowest BCUT2D eigenvalue weighted by Crippen LogP contribution is -2.24. The number of nitrogens with one attached hydrogen (secondary N) is 1. The Kier molecular flexibility index (Phi) is 5.04. The third-order valence-electron chi connectivity index (χ3n) is 3.74. The summed E-state index contributed by atoms with van der Waals surface area (Å²) in [5, 5.41) is 10.5. The second-order valence-electron chi connectivity index (χ2n) is 5.56. The number of nitrogens with zero attached hydrogens (tertiary/aromatic N) is 3. The molecule has 3 rings (SSSR count). The van der Waals surface area contributed by atoms with E-state index in [2.05, 4.69) is 15.6 Å². The van der Waals surface area contributed by atoms with Crippen molar-refractivity contribution >= 4 is 23.3 Å². The van der Waals surface area contributed by atoms with Crippen LogP contribution >= 0.6 is 11.6 Å². The summed E-state index contributed by atoms with van der Waals surface area (Å²) < 4.78 is 39.6. The Balaban J connectivity index is 1.81. The number of aromatic nitrogens is 3. The first-order chi connectivity index (χ1) is 12.8. The summed E-state index contributed by atoms with van der Waals surface area (Å²) in [6.45, 7) is 0.133. The predicted octanol–water partition coefficient (Wildman–Crippen LogP) is 3.45. The van der Waals surface area contributed by atoms with E-state index in [-0.39, 0.29) is 23.7 Å². The van der Waals surface area contributed by atoms with Crippen LogP contribution < -0.4 is 11.1 Å². The number of nitrogen functional groups attached to an aromatic ring is 1. The Morgan fingerprint density at radius 3 is 2.63 bits per heavy atom. The van der Waals surface area contributed by atoms with Crippen LogP contribution in [0.4, 0.5) is 19.0 Å². The van der Waals surface area contributed by atoms with Crippen LogP contribution in [-0.4, -0.2) is 20.9 Å². The molecular formula is C17H13ClF3N5O. The minimum Gasteiger partial charge on any atom is -0.382 e. The fraction of sp³-hybridized carbons (Fsp3) is 0.118. The SMILES string of the molecule is Nc1c(C(=O)NCc2ccccc2Cl)nnn1-c1cccc(C(F)(F)F)c1. The number of amides is 1. The average molecular weight is 396 g/mol. The van der Waals surface area contributed by atoms with Crippen molar-refractivity contribution in [1.82, 2.24) is 20.3 Å². The average Bonchev–Trinajstić information content (AvgIpc) is 3.02. The monoisotopic (exact) mass is 395 g/mol. The maximum Gasteiger partial charge on any atom is 0.416 e. The second-order valence-corrected chi connectivity index (χ2v) is 5.96. The molecule has 27 heavy (non-hydrogen) atoms. The highest BCUT2D eigenvalue weighted by Crippen LogP contribution is 2.30. The van der Waals surface area contributed by atoms with Gasteiger partial charge < -0.3 is 11.1 Å². The van der Waals surface area contributed by atoms with Gasteiger partial charge in [-0.3, -0.25) is 4.79 Å². The van der Waals surface area contributed by atoms with Crippen LogP contribution in [0.1, 0.15) is 21.6 Å². The Bertz CT molecular complexity index is 987. The molecule has 140 valence electrons. The van der Waals surface area contributed by atoms with Crippen LogP contribution in [0.5, 0.6) is 0 Å². The molecule has 0 atom stereocenters. The normalized spacial score (nSPS) is 11.4. The number of anilines is 1. The standard InChI is InChI=1S/C17H13ClF3N5O/c18-13-7-2-1-4-10(13)9-23-16(27)14-15(22)26(25-24-14)12-6-3-5-11(8-12)17(19,20)21/h1-8H,9,22H2,(H,23,27). The van der Waals surface area contributed by atoms with Gasteiger partial charge in [0.2, 0.25) is 0 Å². The minimum atomic E-state index is -4.51. The highest BCUT2D eigenvalue weighted by atomic mass is 35.5. The molecule has 1 amide bonds. The first-order valence-electron chi connectivity index (χ1n) is 7.68. The summed E-state index contributed by atoms with van der Waals surface area (Å²) in [5.74, 6) is -0.795. The third-order valence-corrected chi connectivity index (χ3v) is 4.10. The van der Waals surface area contributed by atoms with E-state index < -0.39 is 17.6 Å². The number of hydrogen-bond acceptors (Lipinski definition) is 4. The summed E-state index contributed by atoms with van der Waals surface area (Å²) in [5.41, 5.74) is 5.54. The molecule has 1 heterocycles. The van der Waals surface area contributed by atoms with Crippen molar-refractivity contribution in [3.63, 3.8) is 0 Å². The van der Waals surface area contributed by atoms with Crippen molar-refractivity contribution in [2.45, 2.75) is 12.7 Å². The maximum absolute atomic E-state index is 12.9. The Morgan fingerprint density at radius 1 is 1.19 bits per heavy atom. The highest BCUT2D eigenvalue weighted by Gasteiger charge is 2.31. The van der Waals surface area contributed by atoms with Gasteiger partial charge in [0.15, 0.2) is 11.5 Å². The van der Waals surface area contributed by atoms with Gasteiger partial charge in [0.05, 0.1) is 11.3 Å². The van der Waals surface area contributed by atoms with Gasteiger partial charge in [-0.25, -0.2) is 0 Å². The van der Waals surface area contributed by atoms with E-state index in [0.717, 1.165) is 16.8 Å². The second kappa shape index (κ2) is 7.28. The third kappa shape index (κ3) is 4.03. The molecule has 3 aromatic rings.